The summed E-state index contributed by atoms with van der Waals surface area (Å²) in [6.45, 7) is 7.26. The number of fused-ring (bicyclic) bond motifs is 2. The Hall–Kier alpha value is -3.25. The van der Waals surface area contributed by atoms with Crippen molar-refractivity contribution in [2.75, 3.05) is 55.6 Å². The van der Waals surface area contributed by atoms with Gasteiger partial charge in [0.2, 0.25) is 0 Å². The van der Waals surface area contributed by atoms with Crippen molar-refractivity contribution in [2.45, 2.75) is 44.0 Å². The molecule has 4 heterocycles. The quantitative estimate of drug-likeness (QED) is 0.428. The van der Waals surface area contributed by atoms with E-state index >= 15 is 0 Å². The highest BCUT2D eigenvalue weighted by Crippen LogP contribution is 2.38. The van der Waals surface area contributed by atoms with Crippen molar-refractivity contribution in [3.63, 3.8) is 0 Å². The van der Waals surface area contributed by atoms with Gasteiger partial charge in [-0.15, -0.1) is 11.3 Å². The molecule has 11 heteroatoms. The predicted octanol–water partition coefficient (Wildman–Crippen LogP) is 4.38. The first-order valence-electron chi connectivity index (χ1n) is 14.6. The molecule has 1 saturated heterocycles. The van der Waals surface area contributed by atoms with E-state index in [1.54, 1.807) is 4.90 Å². The number of rotatable bonds is 7. The second-order valence-corrected chi connectivity index (χ2v) is 13.9. The number of morpholine rings is 1. The van der Waals surface area contributed by atoms with Crippen molar-refractivity contribution in [1.29, 1.82) is 0 Å². The molecule has 0 spiro atoms. The minimum atomic E-state index is -3.78. The SMILES string of the molecule is CCCN1CCc2c(sc(NC(=O)c3ccc(S(=O)(=O)N4CCCc5ccccc54)cc3)c2C(=O)N2CCOCC2)C1. The molecule has 2 amide bonds. The van der Waals surface area contributed by atoms with Crippen LogP contribution in [-0.2, 0) is 34.1 Å². The summed E-state index contributed by atoms with van der Waals surface area (Å²) in [5, 5.41) is 3.56. The number of hydrogen-bond acceptors (Lipinski definition) is 7. The van der Waals surface area contributed by atoms with E-state index in [-0.39, 0.29) is 16.7 Å². The summed E-state index contributed by atoms with van der Waals surface area (Å²) in [4.78, 5) is 32.6. The van der Waals surface area contributed by atoms with E-state index in [1.165, 1.54) is 39.9 Å². The highest BCUT2D eigenvalue weighted by molar-refractivity contribution is 7.92. The molecular weight excluding hydrogens is 572 g/mol. The highest BCUT2D eigenvalue weighted by Gasteiger charge is 2.32. The van der Waals surface area contributed by atoms with E-state index in [4.69, 9.17) is 4.74 Å². The van der Waals surface area contributed by atoms with Crippen LogP contribution in [-0.4, -0.2) is 76.0 Å². The molecule has 1 aromatic heterocycles. The molecule has 6 rings (SSSR count). The van der Waals surface area contributed by atoms with Gasteiger partial charge < -0.3 is 15.0 Å². The lowest BCUT2D eigenvalue weighted by Gasteiger charge is -2.30. The number of carbonyl (C=O) groups is 2. The number of para-hydroxylation sites is 1. The van der Waals surface area contributed by atoms with Gasteiger partial charge in [-0.3, -0.25) is 18.8 Å². The number of aryl methyl sites for hydroxylation is 1. The molecule has 0 unspecified atom stereocenters. The first-order chi connectivity index (χ1) is 20.4. The van der Waals surface area contributed by atoms with Gasteiger partial charge in [0.15, 0.2) is 0 Å². The second kappa shape index (κ2) is 12.2. The number of amides is 2. The zero-order valence-electron chi connectivity index (χ0n) is 23.8. The van der Waals surface area contributed by atoms with Gasteiger partial charge in [0.25, 0.3) is 21.8 Å². The molecule has 3 aromatic rings. The molecule has 9 nitrogen and oxygen atoms in total. The third kappa shape index (κ3) is 5.58. The molecule has 0 saturated carbocycles. The number of hydrogen-bond donors (Lipinski definition) is 1. The number of nitrogens with one attached hydrogen (secondary N) is 1. The molecule has 2 aromatic carbocycles. The molecule has 3 aliphatic heterocycles. The summed E-state index contributed by atoms with van der Waals surface area (Å²) < 4.78 is 34.0. The number of sulfonamides is 1. The van der Waals surface area contributed by atoms with Crippen LogP contribution >= 0.6 is 11.3 Å². The summed E-state index contributed by atoms with van der Waals surface area (Å²) in [5.74, 6) is -0.444. The molecule has 3 aliphatic rings. The van der Waals surface area contributed by atoms with Gasteiger partial charge in [0, 0.05) is 43.2 Å². The fraction of sp³-hybridized carbons (Fsp3) is 0.419. The Morgan fingerprint density at radius 3 is 2.50 bits per heavy atom. The maximum Gasteiger partial charge on any atom is 0.264 e. The van der Waals surface area contributed by atoms with Crippen molar-refractivity contribution in [3.8, 4) is 0 Å². The largest absolute Gasteiger partial charge is 0.378 e. The number of carbonyl (C=O) groups excluding carboxylic acids is 2. The van der Waals surface area contributed by atoms with Gasteiger partial charge in [0.05, 0.1) is 29.4 Å². The lowest BCUT2D eigenvalue weighted by molar-refractivity contribution is 0.0302. The average Bonchev–Trinajstić information content (AvgIpc) is 3.37. The van der Waals surface area contributed by atoms with Crippen molar-refractivity contribution >= 4 is 43.9 Å². The first kappa shape index (κ1) is 28.9. The fourth-order valence-electron chi connectivity index (χ4n) is 6.03. The number of anilines is 2. The summed E-state index contributed by atoms with van der Waals surface area (Å²) in [5.41, 5.74) is 3.67. The number of benzene rings is 2. The van der Waals surface area contributed by atoms with Crippen LogP contribution in [0.25, 0.3) is 0 Å². The third-order valence-corrected chi connectivity index (χ3v) is 11.1. The van der Waals surface area contributed by atoms with Crippen LogP contribution in [0.5, 0.6) is 0 Å². The summed E-state index contributed by atoms with van der Waals surface area (Å²) in [7, 11) is -3.78. The van der Waals surface area contributed by atoms with Crippen molar-refractivity contribution < 1.29 is 22.7 Å². The Labute approximate surface area is 251 Å². The molecule has 0 aliphatic carbocycles. The van der Waals surface area contributed by atoms with Gasteiger partial charge in [-0.25, -0.2) is 8.42 Å². The molecule has 222 valence electrons. The maximum atomic E-state index is 13.7. The molecule has 0 atom stereocenters. The Kier molecular flexibility index (Phi) is 8.35. The zero-order valence-corrected chi connectivity index (χ0v) is 25.4. The van der Waals surface area contributed by atoms with Crippen molar-refractivity contribution in [3.05, 3.63) is 75.7 Å². The lowest BCUT2D eigenvalue weighted by atomic mass is 10.0. The molecule has 0 bridgehead atoms. The summed E-state index contributed by atoms with van der Waals surface area (Å²) >= 11 is 1.47. The van der Waals surface area contributed by atoms with E-state index in [0.29, 0.717) is 54.7 Å². The van der Waals surface area contributed by atoms with Crippen LogP contribution in [0.3, 0.4) is 0 Å². The highest BCUT2D eigenvalue weighted by atomic mass is 32.2. The Balaban J connectivity index is 1.25. The normalized spacial score (nSPS) is 17.5. The van der Waals surface area contributed by atoms with Gasteiger partial charge >= 0.3 is 0 Å². The van der Waals surface area contributed by atoms with E-state index in [1.807, 2.05) is 24.3 Å². The Bertz CT molecular complexity index is 1580. The smallest absolute Gasteiger partial charge is 0.264 e. The van der Waals surface area contributed by atoms with E-state index < -0.39 is 10.0 Å². The Morgan fingerprint density at radius 1 is 0.976 bits per heavy atom. The monoisotopic (exact) mass is 608 g/mol. The second-order valence-electron chi connectivity index (χ2n) is 10.9. The van der Waals surface area contributed by atoms with Gasteiger partial charge in [0.1, 0.15) is 5.00 Å². The third-order valence-electron chi connectivity index (χ3n) is 8.19. The number of ether oxygens (including phenoxy) is 1. The minimum absolute atomic E-state index is 0.0710. The lowest BCUT2D eigenvalue weighted by Crippen LogP contribution is -2.41. The van der Waals surface area contributed by atoms with E-state index in [0.717, 1.165) is 61.3 Å². The van der Waals surface area contributed by atoms with Gasteiger partial charge in [-0.05, 0) is 73.7 Å². The average molecular weight is 609 g/mol. The minimum Gasteiger partial charge on any atom is -0.378 e. The van der Waals surface area contributed by atoms with Crippen LogP contribution < -0.4 is 9.62 Å². The number of thiophene rings is 1. The van der Waals surface area contributed by atoms with E-state index in [2.05, 4.69) is 17.1 Å². The molecule has 0 radical (unpaired) electrons. The van der Waals surface area contributed by atoms with Crippen LogP contribution in [0.4, 0.5) is 10.7 Å². The Morgan fingerprint density at radius 2 is 1.74 bits per heavy atom. The summed E-state index contributed by atoms with van der Waals surface area (Å²) in [6, 6.07) is 13.6. The molecular formula is C31H36N4O5S2. The zero-order chi connectivity index (χ0) is 29.3. The van der Waals surface area contributed by atoms with E-state index in [9.17, 15) is 18.0 Å². The van der Waals surface area contributed by atoms with Crippen LogP contribution in [0, 0.1) is 0 Å². The molecule has 1 fully saturated rings. The molecule has 1 N–H and O–H groups in total. The van der Waals surface area contributed by atoms with Gasteiger partial charge in [-0.1, -0.05) is 25.1 Å². The van der Waals surface area contributed by atoms with Crippen molar-refractivity contribution in [1.82, 2.24) is 9.80 Å². The topological polar surface area (TPSA) is 99.3 Å². The standard InChI is InChI=1S/C31H36N4O5S2/c1-2-14-33-16-13-25-27(21-33)41-30(28(25)31(37)34-17-19-40-20-18-34)32-29(36)23-9-11-24(12-10-23)42(38,39)35-15-5-7-22-6-3-4-8-26(22)35/h3-4,6,8-12H,2,5,7,13-21H2,1H3,(H,32,36). The fourth-order valence-corrected chi connectivity index (χ4v) is 8.85. The first-order valence-corrected chi connectivity index (χ1v) is 16.9. The van der Waals surface area contributed by atoms with Crippen LogP contribution in [0.2, 0.25) is 0 Å². The predicted molar refractivity (Wildman–Crippen MR) is 164 cm³/mol. The molecule has 42 heavy (non-hydrogen) atoms. The number of nitrogens with zero attached hydrogens (tertiary/aromatic N) is 3. The van der Waals surface area contributed by atoms with Crippen molar-refractivity contribution in [2.24, 2.45) is 0 Å². The summed E-state index contributed by atoms with van der Waals surface area (Å²) in [6.07, 6.45) is 3.42. The van der Waals surface area contributed by atoms with Crippen LogP contribution in [0.1, 0.15) is 56.5 Å². The van der Waals surface area contributed by atoms with Crippen LogP contribution in [0.15, 0.2) is 53.4 Å². The maximum absolute atomic E-state index is 13.7. The van der Waals surface area contributed by atoms with Gasteiger partial charge in [-0.2, -0.15) is 0 Å².